The molecule has 3 aromatic rings. The molecular weight excluding hydrogens is 372 g/mol. The molecule has 1 aromatic carbocycles. The number of nitrogens with one attached hydrogen (secondary N) is 2. The molecule has 1 fully saturated rings. The van der Waals surface area contributed by atoms with E-state index >= 15 is 0 Å². The Balaban J connectivity index is 1.39. The Bertz CT molecular complexity index is 953. The molecule has 4 rings (SSSR count). The third-order valence-corrected chi connectivity index (χ3v) is 4.37. The van der Waals surface area contributed by atoms with Crippen molar-refractivity contribution in [1.29, 1.82) is 0 Å². The third-order valence-electron chi connectivity index (χ3n) is 4.37. The number of ether oxygens (including phenoxy) is 1. The molecule has 3 heterocycles. The van der Waals surface area contributed by atoms with Gasteiger partial charge in [0.1, 0.15) is 25.0 Å². The van der Waals surface area contributed by atoms with E-state index in [4.69, 9.17) is 4.74 Å². The Labute approximate surface area is 167 Å². The Morgan fingerprint density at radius 3 is 2.62 bits per heavy atom. The Hall–Kier alpha value is -3.53. The summed E-state index contributed by atoms with van der Waals surface area (Å²) in [7, 11) is 0. The van der Waals surface area contributed by atoms with E-state index in [1.165, 1.54) is 17.3 Å². The van der Waals surface area contributed by atoms with Crippen molar-refractivity contribution in [3.05, 3.63) is 48.7 Å². The number of aromatic nitrogens is 5. The molecular formula is C19H22N8O2. The molecule has 10 heteroatoms. The average Bonchev–Trinajstić information content (AvgIpc) is 3.22. The highest BCUT2D eigenvalue weighted by Gasteiger charge is 2.14. The lowest BCUT2D eigenvalue weighted by atomic mass is 10.2. The van der Waals surface area contributed by atoms with Gasteiger partial charge in [0.2, 0.25) is 11.9 Å². The van der Waals surface area contributed by atoms with Crippen molar-refractivity contribution in [2.45, 2.75) is 13.5 Å². The molecule has 0 spiro atoms. The van der Waals surface area contributed by atoms with Gasteiger partial charge in [-0.25, -0.2) is 14.6 Å². The number of carbonyl (C=O) groups excluding carboxylic acids is 1. The van der Waals surface area contributed by atoms with E-state index in [0.717, 1.165) is 30.3 Å². The van der Waals surface area contributed by atoms with Gasteiger partial charge in [0.05, 0.1) is 13.2 Å². The van der Waals surface area contributed by atoms with Gasteiger partial charge in [-0.15, -0.1) is 0 Å². The zero-order valence-electron chi connectivity index (χ0n) is 16.1. The first kappa shape index (κ1) is 18.8. The maximum atomic E-state index is 12.0. The zero-order valence-corrected chi connectivity index (χ0v) is 16.1. The lowest BCUT2D eigenvalue weighted by Crippen LogP contribution is -2.36. The normalized spacial score (nSPS) is 13.9. The van der Waals surface area contributed by atoms with Crippen molar-refractivity contribution in [2.75, 3.05) is 41.8 Å². The number of morpholine rings is 1. The van der Waals surface area contributed by atoms with Crippen LogP contribution in [0.4, 0.5) is 23.1 Å². The van der Waals surface area contributed by atoms with Gasteiger partial charge in [-0.1, -0.05) is 0 Å². The predicted octanol–water partition coefficient (Wildman–Crippen LogP) is 1.60. The fourth-order valence-electron chi connectivity index (χ4n) is 2.99. The average molecular weight is 394 g/mol. The Kier molecular flexibility index (Phi) is 5.61. The van der Waals surface area contributed by atoms with E-state index in [9.17, 15) is 4.79 Å². The van der Waals surface area contributed by atoms with Crippen LogP contribution in [0.5, 0.6) is 0 Å². The van der Waals surface area contributed by atoms with E-state index in [-0.39, 0.29) is 12.5 Å². The zero-order chi connectivity index (χ0) is 20.1. The van der Waals surface area contributed by atoms with Gasteiger partial charge in [0.15, 0.2) is 0 Å². The van der Waals surface area contributed by atoms with Crippen LogP contribution in [0, 0.1) is 6.92 Å². The number of anilines is 4. The molecule has 1 aliphatic rings. The molecule has 0 bridgehead atoms. The van der Waals surface area contributed by atoms with Crippen molar-refractivity contribution in [2.24, 2.45) is 0 Å². The number of aryl methyl sites for hydroxylation is 1. The van der Waals surface area contributed by atoms with E-state index in [1.807, 2.05) is 37.3 Å². The molecule has 0 radical (unpaired) electrons. The van der Waals surface area contributed by atoms with Crippen LogP contribution < -0.4 is 15.5 Å². The van der Waals surface area contributed by atoms with Gasteiger partial charge in [0, 0.05) is 36.2 Å². The standard InChI is InChI=1S/C19H22N8O2/c1-14-10-17(26-6-8-29-9-7-26)25-19(22-14)24-16-4-2-15(3-5-16)23-18(28)11-27-13-20-12-21-27/h2-5,10,12-13H,6-9,11H2,1H3,(H,23,28)(H,22,24,25). The number of amides is 1. The molecule has 1 saturated heterocycles. The van der Waals surface area contributed by atoms with Crippen LogP contribution in [0.1, 0.15) is 5.69 Å². The van der Waals surface area contributed by atoms with Gasteiger partial charge in [0.25, 0.3) is 0 Å². The minimum atomic E-state index is -0.173. The number of hydrogen-bond donors (Lipinski definition) is 2. The van der Waals surface area contributed by atoms with Crippen molar-refractivity contribution in [3.8, 4) is 0 Å². The number of carbonyl (C=O) groups is 1. The van der Waals surface area contributed by atoms with Crippen molar-refractivity contribution >= 4 is 29.0 Å². The van der Waals surface area contributed by atoms with Gasteiger partial charge in [-0.2, -0.15) is 10.1 Å². The first-order valence-electron chi connectivity index (χ1n) is 9.33. The van der Waals surface area contributed by atoms with Gasteiger partial charge in [-0.05, 0) is 31.2 Å². The second-order valence-corrected chi connectivity index (χ2v) is 6.63. The smallest absolute Gasteiger partial charge is 0.246 e. The van der Waals surface area contributed by atoms with Crippen LogP contribution >= 0.6 is 0 Å². The summed E-state index contributed by atoms with van der Waals surface area (Å²) in [5, 5.41) is 9.97. The van der Waals surface area contributed by atoms with Crippen LogP contribution in [-0.4, -0.2) is 56.9 Å². The third kappa shape index (κ3) is 5.05. The summed E-state index contributed by atoms with van der Waals surface area (Å²) in [4.78, 5) is 27.1. The topological polar surface area (TPSA) is 110 Å². The predicted molar refractivity (Wildman–Crippen MR) is 108 cm³/mol. The summed E-state index contributed by atoms with van der Waals surface area (Å²) in [5.74, 6) is 1.25. The van der Waals surface area contributed by atoms with Crippen molar-refractivity contribution in [1.82, 2.24) is 24.7 Å². The van der Waals surface area contributed by atoms with E-state index in [0.29, 0.717) is 24.8 Å². The van der Waals surface area contributed by atoms with Gasteiger partial charge in [-0.3, -0.25) is 4.79 Å². The van der Waals surface area contributed by atoms with Crippen molar-refractivity contribution in [3.63, 3.8) is 0 Å². The fraction of sp³-hybridized carbons (Fsp3) is 0.316. The van der Waals surface area contributed by atoms with Crippen LogP contribution in [0.25, 0.3) is 0 Å². The maximum absolute atomic E-state index is 12.0. The second kappa shape index (κ2) is 8.65. The lowest BCUT2D eigenvalue weighted by molar-refractivity contribution is -0.116. The summed E-state index contributed by atoms with van der Waals surface area (Å²) in [5.41, 5.74) is 2.42. The fourth-order valence-corrected chi connectivity index (χ4v) is 2.99. The summed E-state index contributed by atoms with van der Waals surface area (Å²) in [6.07, 6.45) is 2.89. The monoisotopic (exact) mass is 394 g/mol. The Morgan fingerprint density at radius 2 is 1.90 bits per heavy atom. The number of hydrogen-bond acceptors (Lipinski definition) is 8. The highest BCUT2D eigenvalue weighted by Crippen LogP contribution is 2.20. The quantitative estimate of drug-likeness (QED) is 0.649. The molecule has 0 saturated carbocycles. The molecule has 10 nitrogen and oxygen atoms in total. The number of benzene rings is 1. The molecule has 2 aromatic heterocycles. The summed E-state index contributed by atoms with van der Waals surface area (Å²) in [6.45, 7) is 5.11. The van der Waals surface area contributed by atoms with Crippen LogP contribution in [0.2, 0.25) is 0 Å². The van der Waals surface area contributed by atoms with Gasteiger partial charge < -0.3 is 20.3 Å². The van der Waals surface area contributed by atoms with Crippen molar-refractivity contribution < 1.29 is 9.53 Å². The maximum Gasteiger partial charge on any atom is 0.246 e. The molecule has 0 unspecified atom stereocenters. The highest BCUT2D eigenvalue weighted by atomic mass is 16.5. The first-order chi connectivity index (χ1) is 14.2. The highest BCUT2D eigenvalue weighted by molar-refractivity contribution is 5.90. The molecule has 0 aliphatic carbocycles. The van der Waals surface area contributed by atoms with E-state index in [1.54, 1.807) is 0 Å². The largest absolute Gasteiger partial charge is 0.378 e. The SMILES string of the molecule is Cc1cc(N2CCOCC2)nc(Nc2ccc(NC(=O)Cn3cncn3)cc2)n1. The summed E-state index contributed by atoms with van der Waals surface area (Å²) < 4.78 is 6.87. The van der Waals surface area contributed by atoms with E-state index < -0.39 is 0 Å². The molecule has 1 aliphatic heterocycles. The minimum Gasteiger partial charge on any atom is -0.378 e. The minimum absolute atomic E-state index is 0.113. The molecule has 29 heavy (non-hydrogen) atoms. The second-order valence-electron chi connectivity index (χ2n) is 6.63. The van der Waals surface area contributed by atoms with Gasteiger partial charge >= 0.3 is 0 Å². The molecule has 150 valence electrons. The van der Waals surface area contributed by atoms with Crippen LogP contribution in [0.3, 0.4) is 0 Å². The number of rotatable bonds is 6. The Morgan fingerprint density at radius 1 is 1.14 bits per heavy atom. The van der Waals surface area contributed by atoms with E-state index in [2.05, 4.69) is 35.6 Å². The number of nitrogens with zero attached hydrogens (tertiary/aromatic N) is 6. The van der Waals surface area contributed by atoms with Crippen LogP contribution in [-0.2, 0) is 16.1 Å². The molecule has 2 N–H and O–H groups in total. The molecule has 0 atom stereocenters. The first-order valence-corrected chi connectivity index (χ1v) is 9.33. The lowest BCUT2D eigenvalue weighted by Gasteiger charge is -2.28. The summed E-state index contributed by atoms with van der Waals surface area (Å²) >= 11 is 0. The summed E-state index contributed by atoms with van der Waals surface area (Å²) in [6, 6.07) is 9.35. The van der Waals surface area contributed by atoms with Crippen LogP contribution in [0.15, 0.2) is 43.0 Å². The molecule has 1 amide bonds.